The zero-order chi connectivity index (χ0) is 20.3. The third kappa shape index (κ3) is 6.57. The van der Waals surface area contributed by atoms with Gasteiger partial charge in [0.25, 0.3) is 0 Å². The number of rotatable bonds is 11. The quantitative estimate of drug-likeness (QED) is 0.441. The monoisotopic (exact) mass is 391 g/mol. The summed E-state index contributed by atoms with van der Waals surface area (Å²) in [7, 11) is 1.67. The van der Waals surface area contributed by atoms with E-state index in [0.29, 0.717) is 13.2 Å². The molecule has 0 spiro atoms. The SMILES string of the molecule is C/C=C/[C@H](COCc1ccc(OC)cc1)c1cn(CCCc2ccccc2)nn1. The molecule has 0 aliphatic heterocycles. The number of hydrogen-bond acceptors (Lipinski definition) is 4. The number of aryl methyl sites for hydroxylation is 2. The summed E-state index contributed by atoms with van der Waals surface area (Å²) in [5.74, 6) is 0.950. The second-order valence-electron chi connectivity index (χ2n) is 6.99. The minimum atomic E-state index is 0.0983. The van der Waals surface area contributed by atoms with Crippen molar-refractivity contribution in [3.63, 3.8) is 0 Å². The van der Waals surface area contributed by atoms with Gasteiger partial charge in [0.15, 0.2) is 0 Å². The lowest BCUT2D eigenvalue weighted by molar-refractivity contribution is 0.114. The van der Waals surface area contributed by atoms with Crippen LogP contribution in [-0.4, -0.2) is 28.7 Å². The maximum atomic E-state index is 5.94. The Morgan fingerprint density at radius 1 is 1.03 bits per heavy atom. The second kappa shape index (κ2) is 11.2. The Balaban J connectivity index is 1.49. The molecule has 0 fully saturated rings. The van der Waals surface area contributed by atoms with Crippen LogP contribution in [0.2, 0.25) is 0 Å². The van der Waals surface area contributed by atoms with Crippen molar-refractivity contribution in [2.75, 3.05) is 13.7 Å². The van der Waals surface area contributed by atoms with E-state index in [-0.39, 0.29) is 5.92 Å². The van der Waals surface area contributed by atoms with E-state index in [9.17, 15) is 0 Å². The minimum absolute atomic E-state index is 0.0983. The zero-order valence-corrected chi connectivity index (χ0v) is 17.2. The second-order valence-corrected chi connectivity index (χ2v) is 6.99. The van der Waals surface area contributed by atoms with Crippen molar-refractivity contribution >= 4 is 0 Å². The first-order chi connectivity index (χ1) is 14.3. The topological polar surface area (TPSA) is 49.2 Å². The predicted octanol–water partition coefficient (Wildman–Crippen LogP) is 4.80. The molecule has 1 heterocycles. The van der Waals surface area contributed by atoms with Crippen molar-refractivity contribution in [1.29, 1.82) is 0 Å². The van der Waals surface area contributed by atoms with Crippen molar-refractivity contribution in [3.8, 4) is 5.75 Å². The summed E-state index contributed by atoms with van der Waals surface area (Å²) < 4.78 is 13.1. The summed E-state index contributed by atoms with van der Waals surface area (Å²) in [5.41, 5.74) is 3.42. The molecule has 0 radical (unpaired) electrons. The highest BCUT2D eigenvalue weighted by atomic mass is 16.5. The maximum absolute atomic E-state index is 5.94. The van der Waals surface area contributed by atoms with Gasteiger partial charge in [-0.15, -0.1) is 5.10 Å². The first-order valence-corrected chi connectivity index (χ1v) is 10.1. The van der Waals surface area contributed by atoms with Crippen molar-refractivity contribution in [3.05, 3.63) is 89.8 Å². The maximum Gasteiger partial charge on any atom is 0.118 e. The normalized spacial score (nSPS) is 12.3. The first-order valence-electron chi connectivity index (χ1n) is 10.1. The molecule has 5 heteroatoms. The van der Waals surface area contributed by atoms with Gasteiger partial charge in [-0.3, -0.25) is 4.68 Å². The average Bonchev–Trinajstić information content (AvgIpc) is 3.23. The van der Waals surface area contributed by atoms with Gasteiger partial charge in [0.2, 0.25) is 0 Å². The number of nitrogens with zero attached hydrogens (tertiary/aromatic N) is 3. The highest BCUT2D eigenvalue weighted by molar-refractivity contribution is 5.26. The van der Waals surface area contributed by atoms with Crippen LogP contribution < -0.4 is 4.74 Å². The zero-order valence-electron chi connectivity index (χ0n) is 17.2. The molecule has 0 saturated heterocycles. The van der Waals surface area contributed by atoms with Crippen LogP contribution in [0.1, 0.15) is 36.1 Å². The Kier molecular flexibility index (Phi) is 8.01. The van der Waals surface area contributed by atoms with Crippen LogP contribution in [0.3, 0.4) is 0 Å². The minimum Gasteiger partial charge on any atom is -0.497 e. The number of allylic oxidation sites excluding steroid dienone is 1. The molecule has 5 nitrogen and oxygen atoms in total. The molecule has 0 aliphatic rings. The summed E-state index contributed by atoms with van der Waals surface area (Å²) in [6.45, 7) is 4.00. The smallest absolute Gasteiger partial charge is 0.118 e. The van der Waals surface area contributed by atoms with Crippen LogP contribution in [0.15, 0.2) is 72.9 Å². The summed E-state index contributed by atoms with van der Waals surface area (Å²) in [4.78, 5) is 0. The Hall–Kier alpha value is -2.92. The van der Waals surface area contributed by atoms with Crippen LogP contribution in [0, 0.1) is 0 Å². The van der Waals surface area contributed by atoms with E-state index < -0.39 is 0 Å². The average molecular weight is 392 g/mol. The summed E-state index contributed by atoms with van der Waals surface area (Å²) in [5, 5.41) is 8.67. The summed E-state index contributed by atoms with van der Waals surface area (Å²) >= 11 is 0. The largest absolute Gasteiger partial charge is 0.497 e. The van der Waals surface area contributed by atoms with Crippen LogP contribution in [0.25, 0.3) is 0 Å². The molecule has 152 valence electrons. The number of benzene rings is 2. The Morgan fingerprint density at radius 2 is 1.83 bits per heavy atom. The first kappa shape index (κ1) is 20.8. The summed E-state index contributed by atoms with van der Waals surface area (Å²) in [6, 6.07) is 18.5. The molecule has 0 saturated carbocycles. The highest BCUT2D eigenvalue weighted by Gasteiger charge is 2.13. The molecule has 0 N–H and O–H groups in total. The molecular weight excluding hydrogens is 362 g/mol. The van der Waals surface area contributed by atoms with Gasteiger partial charge in [-0.1, -0.05) is 59.8 Å². The highest BCUT2D eigenvalue weighted by Crippen LogP contribution is 2.17. The van der Waals surface area contributed by atoms with Crippen molar-refractivity contribution < 1.29 is 9.47 Å². The van der Waals surface area contributed by atoms with Gasteiger partial charge in [0.1, 0.15) is 5.75 Å². The predicted molar refractivity (Wildman–Crippen MR) is 115 cm³/mol. The van der Waals surface area contributed by atoms with Crippen molar-refractivity contribution in [2.45, 2.75) is 38.8 Å². The molecule has 0 bridgehead atoms. The van der Waals surface area contributed by atoms with Gasteiger partial charge in [0.05, 0.1) is 26.0 Å². The fourth-order valence-corrected chi connectivity index (χ4v) is 3.18. The van der Waals surface area contributed by atoms with Gasteiger partial charge in [-0.2, -0.15) is 0 Å². The lowest BCUT2D eigenvalue weighted by Crippen LogP contribution is -2.06. The molecule has 1 aromatic heterocycles. The number of aromatic nitrogens is 3. The van der Waals surface area contributed by atoms with Gasteiger partial charge >= 0.3 is 0 Å². The third-order valence-electron chi connectivity index (χ3n) is 4.78. The van der Waals surface area contributed by atoms with Crippen LogP contribution in [0.5, 0.6) is 5.75 Å². The van der Waals surface area contributed by atoms with E-state index in [0.717, 1.165) is 36.4 Å². The Bertz CT molecular complexity index is 873. The molecule has 3 rings (SSSR count). The number of hydrogen-bond donors (Lipinski definition) is 0. The molecule has 0 unspecified atom stereocenters. The fourth-order valence-electron chi connectivity index (χ4n) is 3.18. The van der Waals surface area contributed by atoms with Gasteiger partial charge in [-0.05, 0) is 43.0 Å². The van der Waals surface area contributed by atoms with Crippen molar-refractivity contribution in [2.24, 2.45) is 0 Å². The van der Waals surface area contributed by atoms with E-state index >= 15 is 0 Å². The summed E-state index contributed by atoms with van der Waals surface area (Å²) in [6.07, 6.45) is 8.27. The van der Waals surface area contributed by atoms with Crippen molar-refractivity contribution in [1.82, 2.24) is 15.0 Å². The van der Waals surface area contributed by atoms with E-state index in [1.807, 2.05) is 54.2 Å². The molecule has 29 heavy (non-hydrogen) atoms. The standard InChI is InChI=1S/C24H29N3O2/c1-3-8-22(19-29-18-21-12-14-23(28-2)15-13-21)24-17-27(26-25-24)16-7-11-20-9-5-4-6-10-20/h3-6,8-10,12-15,17,22H,7,11,16,18-19H2,1-2H3/b8-3+/t22-/m1/s1. The molecule has 1 atom stereocenters. The Morgan fingerprint density at radius 3 is 2.55 bits per heavy atom. The number of methoxy groups -OCH3 is 1. The molecule has 0 aliphatic carbocycles. The van der Waals surface area contributed by atoms with Gasteiger partial charge in [-0.25, -0.2) is 0 Å². The van der Waals surface area contributed by atoms with Crippen LogP contribution in [-0.2, 0) is 24.3 Å². The molecule has 3 aromatic rings. The van der Waals surface area contributed by atoms with E-state index in [2.05, 4.69) is 40.7 Å². The van der Waals surface area contributed by atoms with Crippen LogP contribution in [0.4, 0.5) is 0 Å². The van der Waals surface area contributed by atoms with E-state index in [1.165, 1.54) is 5.56 Å². The molecule has 0 amide bonds. The molecule has 2 aromatic carbocycles. The van der Waals surface area contributed by atoms with Crippen LogP contribution >= 0.6 is 0 Å². The fraction of sp³-hybridized carbons (Fsp3) is 0.333. The van der Waals surface area contributed by atoms with Gasteiger partial charge < -0.3 is 9.47 Å². The Labute approximate surface area is 173 Å². The van der Waals surface area contributed by atoms with E-state index in [1.54, 1.807) is 7.11 Å². The van der Waals surface area contributed by atoms with E-state index in [4.69, 9.17) is 9.47 Å². The lowest BCUT2D eigenvalue weighted by Gasteiger charge is -2.11. The third-order valence-corrected chi connectivity index (χ3v) is 4.78. The molecular formula is C24H29N3O2. The van der Waals surface area contributed by atoms with Gasteiger partial charge in [0, 0.05) is 18.7 Å². The lowest BCUT2D eigenvalue weighted by atomic mass is 10.1. The number of ether oxygens (including phenoxy) is 2.